The molecule has 0 saturated heterocycles. The van der Waals surface area contributed by atoms with E-state index in [2.05, 4.69) is 20.7 Å². The molecule has 0 fully saturated rings. The maximum absolute atomic E-state index is 11.4. The fourth-order valence-corrected chi connectivity index (χ4v) is 2.71. The van der Waals surface area contributed by atoms with Gasteiger partial charge in [-0.05, 0) is 46.3 Å². The number of hydrogen-bond acceptors (Lipinski definition) is 4. The predicted octanol–water partition coefficient (Wildman–Crippen LogP) is 4.66. The number of carbonyl (C=O) groups excluding carboxylic acids is 1. The number of furan rings is 1. The molecule has 0 amide bonds. The van der Waals surface area contributed by atoms with E-state index in [4.69, 9.17) is 9.15 Å². The molecule has 2 aromatic carbocycles. The first kappa shape index (κ1) is 14.7. The highest BCUT2D eigenvalue weighted by molar-refractivity contribution is 9.10. The van der Waals surface area contributed by atoms with Gasteiger partial charge < -0.3 is 13.9 Å². The molecule has 0 radical (unpaired) electrons. The van der Waals surface area contributed by atoms with Crippen LogP contribution in [0.1, 0.15) is 10.4 Å². The molecule has 0 aliphatic rings. The van der Waals surface area contributed by atoms with E-state index >= 15 is 0 Å². The number of ether oxygens (including phenoxy) is 2. The van der Waals surface area contributed by atoms with Gasteiger partial charge in [0.05, 0.1) is 24.3 Å². The number of fused-ring (bicyclic) bond motifs is 1. The van der Waals surface area contributed by atoms with Gasteiger partial charge >= 0.3 is 5.97 Å². The Hall–Kier alpha value is -2.27. The molecular formula is C17H13BrO4. The molecule has 4 nitrogen and oxygen atoms in total. The van der Waals surface area contributed by atoms with Crippen molar-refractivity contribution in [1.29, 1.82) is 0 Å². The van der Waals surface area contributed by atoms with Crippen molar-refractivity contribution in [3.63, 3.8) is 0 Å². The Morgan fingerprint density at radius 3 is 2.45 bits per heavy atom. The molecule has 3 aromatic rings. The molecule has 0 spiro atoms. The van der Waals surface area contributed by atoms with E-state index in [1.165, 1.54) is 7.11 Å². The summed E-state index contributed by atoms with van der Waals surface area (Å²) in [6, 6.07) is 12.8. The van der Waals surface area contributed by atoms with Gasteiger partial charge in [0.1, 0.15) is 17.1 Å². The average molecular weight is 361 g/mol. The van der Waals surface area contributed by atoms with Gasteiger partial charge in [-0.1, -0.05) is 12.1 Å². The van der Waals surface area contributed by atoms with Crippen molar-refractivity contribution < 1.29 is 18.7 Å². The van der Waals surface area contributed by atoms with Crippen molar-refractivity contribution >= 4 is 32.9 Å². The molecule has 5 heteroatoms. The van der Waals surface area contributed by atoms with Crippen molar-refractivity contribution in [1.82, 2.24) is 0 Å². The van der Waals surface area contributed by atoms with E-state index in [1.807, 2.05) is 30.3 Å². The number of halogens is 1. The minimum Gasteiger partial charge on any atom is -0.496 e. The quantitative estimate of drug-likeness (QED) is 0.637. The Labute approximate surface area is 135 Å². The van der Waals surface area contributed by atoms with Gasteiger partial charge in [0.15, 0.2) is 0 Å². The van der Waals surface area contributed by atoms with Crippen LogP contribution in [0.4, 0.5) is 0 Å². The summed E-state index contributed by atoms with van der Waals surface area (Å²) in [5.74, 6) is 1.12. The Balaban J connectivity index is 2.01. The van der Waals surface area contributed by atoms with Gasteiger partial charge in [0, 0.05) is 10.9 Å². The van der Waals surface area contributed by atoms with Crippen LogP contribution in [0.2, 0.25) is 0 Å². The number of benzene rings is 2. The average Bonchev–Trinajstić information content (AvgIpc) is 2.96. The first-order valence-electron chi connectivity index (χ1n) is 6.58. The fraction of sp³-hybridized carbons (Fsp3) is 0.118. The molecule has 1 aromatic heterocycles. The third kappa shape index (κ3) is 2.60. The SMILES string of the molecule is COC(=O)c1ccc(-c2cc3cc(OC)c(Br)cc3o2)cc1. The lowest BCUT2D eigenvalue weighted by molar-refractivity contribution is 0.0601. The largest absolute Gasteiger partial charge is 0.496 e. The van der Waals surface area contributed by atoms with Gasteiger partial charge in [-0.15, -0.1) is 0 Å². The highest BCUT2D eigenvalue weighted by atomic mass is 79.9. The first-order valence-corrected chi connectivity index (χ1v) is 7.37. The Morgan fingerprint density at radius 2 is 1.82 bits per heavy atom. The van der Waals surface area contributed by atoms with E-state index in [9.17, 15) is 4.79 Å². The first-order chi connectivity index (χ1) is 10.6. The van der Waals surface area contributed by atoms with Crippen LogP contribution in [0.25, 0.3) is 22.3 Å². The van der Waals surface area contributed by atoms with E-state index in [0.29, 0.717) is 5.56 Å². The molecule has 0 N–H and O–H groups in total. The van der Waals surface area contributed by atoms with Crippen LogP contribution in [-0.2, 0) is 4.74 Å². The lowest BCUT2D eigenvalue weighted by Crippen LogP contribution is -2.00. The Morgan fingerprint density at radius 1 is 1.09 bits per heavy atom. The Kier molecular flexibility index (Phi) is 3.90. The van der Waals surface area contributed by atoms with Crippen molar-refractivity contribution in [2.75, 3.05) is 14.2 Å². The summed E-state index contributed by atoms with van der Waals surface area (Å²) >= 11 is 3.44. The van der Waals surface area contributed by atoms with Crippen molar-refractivity contribution in [2.45, 2.75) is 0 Å². The van der Waals surface area contributed by atoms with Crippen LogP contribution in [0.5, 0.6) is 5.75 Å². The van der Waals surface area contributed by atoms with Crippen molar-refractivity contribution in [3.8, 4) is 17.1 Å². The fourth-order valence-electron chi connectivity index (χ4n) is 2.23. The van der Waals surface area contributed by atoms with Gasteiger partial charge in [0.2, 0.25) is 0 Å². The standard InChI is InChI=1S/C17H13BrO4/c1-20-16-8-12-7-14(22-15(12)9-13(16)18)10-3-5-11(6-4-10)17(19)21-2/h3-9H,1-2H3. The van der Waals surface area contributed by atoms with Gasteiger partial charge in [0.25, 0.3) is 0 Å². The number of carbonyl (C=O) groups is 1. The molecule has 0 aliphatic carbocycles. The number of hydrogen-bond donors (Lipinski definition) is 0. The Bertz CT molecular complexity index is 834. The topological polar surface area (TPSA) is 48.7 Å². The van der Waals surface area contributed by atoms with E-state index in [-0.39, 0.29) is 5.97 Å². The molecule has 3 rings (SSSR count). The van der Waals surface area contributed by atoms with Crippen LogP contribution < -0.4 is 4.74 Å². The zero-order chi connectivity index (χ0) is 15.7. The van der Waals surface area contributed by atoms with E-state index in [0.717, 1.165) is 32.5 Å². The number of rotatable bonds is 3. The monoisotopic (exact) mass is 360 g/mol. The second-order valence-corrected chi connectivity index (χ2v) is 5.56. The molecule has 0 bridgehead atoms. The third-order valence-electron chi connectivity index (χ3n) is 3.38. The zero-order valence-corrected chi connectivity index (χ0v) is 13.6. The molecule has 22 heavy (non-hydrogen) atoms. The molecule has 112 valence electrons. The van der Waals surface area contributed by atoms with Crippen molar-refractivity contribution in [2.24, 2.45) is 0 Å². The number of methoxy groups -OCH3 is 2. The van der Waals surface area contributed by atoms with Crippen LogP contribution in [0.3, 0.4) is 0 Å². The minimum atomic E-state index is -0.357. The summed E-state index contributed by atoms with van der Waals surface area (Å²) in [6.45, 7) is 0. The van der Waals surface area contributed by atoms with Gasteiger partial charge in [-0.3, -0.25) is 0 Å². The van der Waals surface area contributed by atoms with Gasteiger partial charge in [-0.2, -0.15) is 0 Å². The highest BCUT2D eigenvalue weighted by Crippen LogP contribution is 2.34. The predicted molar refractivity (Wildman–Crippen MR) is 87.2 cm³/mol. The third-order valence-corrected chi connectivity index (χ3v) is 4.00. The summed E-state index contributed by atoms with van der Waals surface area (Å²) in [7, 11) is 2.99. The molecule has 0 saturated carbocycles. The van der Waals surface area contributed by atoms with Crippen LogP contribution in [0.15, 0.2) is 51.4 Å². The number of esters is 1. The molecule has 0 aliphatic heterocycles. The molecule has 1 heterocycles. The van der Waals surface area contributed by atoms with Gasteiger partial charge in [-0.25, -0.2) is 4.79 Å². The van der Waals surface area contributed by atoms with E-state index < -0.39 is 0 Å². The van der Waals surface area contributed by atoms with E-state index in [1.54, 1.807) is 19.2 Å². The second-order valence-electron chi connectivity index (χ2n) is 4.70. The van der Waals surface area contributed by atoms with Crippen LogP contribution in [0, 0.1) is 0 Å². The zero-order valence-electron chi connectivity index (χ0n) is 12.1. The lowest BCUT2D eigenvalue weighted by atomic mass is 10.1. The molecule has 0 unspecified atom stereocenters. The molecule has 0 atom stereocenters. The van der Waals surface area contributed by atoms with Crippen LogP contribution in [-0.4, -0.2) is 20.2 Å². The van der Waals surface area contributed by atoms with Crippen molar-refractivity contribution in [3.05, 3.63) is 52.5 Å². The minimum absolute atomic E-state index is 0.357. The summed E-state index contributed by atoms with van der Waals surface area (Å²) < 4.78 is 16.7. The smallest absolute Gasteiger partial charge is 0.337 e. The summed E-state index contributed by atoms with van der Waals surface area (Å²) in [5, 5.41) is 0.951. The second kappa shape index (κ2) is 5.85. The van der Waals surface area contributed by atoms with Crippen LogP contribution >= 0.6 is 15.9 Å². The summed E-state index contributed by atoms with van der Waals surface area (Å²) in [4.78, 5) is 11.4. The summed E-state index contributed by atoms with van der Waals surface area (Å²) in [6.07, 6.45) is 0. The normalized spacial score (nSPS) is 10.7. The summed E-state index contributed by atoms with van der Waals surface area (Å²) in [5.41, 5.74) is 2.16. The maximum atomic E-state index is 11.4. The highest BCUT2D eigenvalue weighted by Gasteiger charge is 2.11. The maximum Gasteiger partial charge on any atom is 0.337 e. The molecular weight excluding hydrogens is 348 g/mol. The lowest BCUT2D eigenvalue weighted by Gasteiger charge is -2.01.